The molecule has 2 N–H and O–H groups in total. The van der Waals surface area contributed by atoms with E-state index in [1.165, 1.54) is 11.3 Å². The number of aliphatic hydroxyl groups excluding tert-OH is 1. The van der Waals surface area contributed by atoms with Crippen molar-refractivity contribution in [1.29, 1.82) is 0 Å². The zero-order chi connectivity index (χ0) is 14.9. The number of hydrogen-bond acceptors (Lipinski definition) is 3. The topological polar surface area (TPSA) is 49.3 Å². The highest BCUT2D eigenvalue weighted by Crippen LogP contribution is 2.36. The van der Waals surface area contributed by atoms with Crippen molar-refractivity contribution in [3.05, 3.63) is 33.1 Å². The van der Waals surface area contributed by atoms with Crippen molar-refractivity contribution >= 4 is 50.5 Å². The van der Waals surface area contributed by atoms with Gasteiger partial charge in [-0.1, -0.05) is 43.1 Å². The van der Waals surface area contributed by atoms with Crippen LogP contribution in [0.4, 0.5) is 0 Å². The standard InChI is InChI=1S/C14H15Cl2NO2S/c1-14(2,7-18)6-17-13(19)12-11(16)9-4-3-8(15)5-10(9)20-12/h3-5,18H,6-7H2,1-2H3,(H,17,19). The molecule has 0 bridgehead atoms. The molecule has 1 heterocycles. The number of nitrogens with one attached hydrogen (secondary N) is 1. The second-order valence-electron chi connectivity index (χ2n) is 5.39. The summed E-state index contributed by atoms with van der Waals surface area (Å²) >= 11 is 13.5. The molecule has 1 aromatic heterocycles. The summed E-state index contributed by atoms with van der Waals surface area (Å²) in [5.74, 6) is -0.228. The van der Waals surface area contributed by atoms with Crippen molar-refractivity contribution in [2.24, 2.45) is 5.41 Å². The molecular weight excluding hydrogens is 317 g/mol. The Bertz CT molecular complexity index is 652. The summed E-state index contributed by atoms with van der Waals surface area (Å²) < 4.78 is 0.883. The predicted molar refractivity (Wildman–Crippen MR) is 85.0 cm³/mol. The van der Waals surface area contributed by atoms with E-state index >= 15 is 0 Å². The van der Waals surface area contributed by atoms with Crippen LogP contribution in [0.1, 0.15) is 23.5 Å². The fraction of sp³-hybridized carbons (Fsp3) is 0.357. The predicted octanol–water partition coefficient (Wildman–Crippen LogP) is 3.96. The van der Waals surface area contributed by atoms with Crippen LogP contribution in [0, 0.1) is 5.41 Å². The number of aliphatic hydroxyl groups is 1. The Labute approximate surface area is 131 Å². The Morgan fingerprint density at radius 1 is 1.40 bits per heavy atom. The van der Waals surface area contributed by atoms with E-state index in [-0.39, 0.29) is 17.9 Å². The van der Waals surface area contributed by atoms with E-state index in [2.05, 4.69) is 5.32 Å². The average molecular weight is 332 g/mol. The first-order chi connectivity index (χ1) is 9.34. The summed E-state index contributed by atoms with van der Waals surface area (Å²) in [6.07, 6.45) is 0. The molecule has 0 aliphatic carbocycles. The summed E-state index contributed by atoms with van der Waals surface area (Å²) in [7, 11) is 0. The maximum absolute atomic E-state index is 12.2. The summed E-state index contributed by atoms with van der Waals surface area (Å²) in [4.78, 5) is 12.7. The summed E-state index contributed by atoms with van der Waals surface area (Å²) in [6.45, 7) is 4.13. The van der Waals surface area contributed by atoms with Gasteiger partial charge in [-0.3, -0.25) is 4.79 Å². The quantitative estimate of drug-likeness (QED) is 0.890. The van der Waals surface area contributed by atoms with Gasteiger partial charge in [-0.25, -0.2) is 0 Å². The van der Waals surface area contributed by atoms with E-state index in [9.17, 15) is 9.90 Å². The van der Waals surface area contributed by atoms with Gasteiger partial charge in [0.05, 0.1) is 5.02 Å². The smallest absolute Gasteiger partial charge is 0.262 e. The first kappa shape index (κ1) is 15.6. The van der Waals surface area contributed by atoms with Crippen LogP contribution in [0.2, 0.25) is 10.0 Å². The van der Waals surface area contributed by atoms with Gasteiger partial charge in [0.25, 0.3) is 5.91 Å². The zero-order valence-electron chi connectivity index (χ0n) is 11.2. The lowest BCUT2D eigenvalue weighted by molar-refractivity contribution is 0.0915. The Hall–Kier alpha value is -0.810. The normalized spacial score (nSPS) is 11.8. The second kappa shape index (κ2) is 5.90. The summed E-state index contributed by atoms with van der Waals surface area (Å²) in [5, 5.41) is 13.9. The molecule has 0 radical (unpaired) electrons. The van der Waals surface area contributed by atoms with E-state index in [1.54, 1.807) is 12.1 Å². The van der Waals surface area contributed by atoms with Gasteiger partial charge in [-0.15, -0.1) is 11.3 Å². The summed E-state index contributed by atoms with van der Waals surface area (Å²) in [5.41, 5.74) is -0.359. The van der Waals surface area contributed by atoms with Gasteiger partial charge in [-0.05, 0) is 12.1 Å². The zero-order valence-corrected chi connectivity index (χ0v) is 13.5. The van der Waals surface area contributed by atoms with Crippen LogP contribution in [0.3, 0.4) is 0 Å². The molecule has 0 unspecified atom stereocenters. The number of carbonyl (C=O) groups excluding carboxylic acids is 1. The Morgan fingerprint density at radius 2 is 2.10 bits per heavy atom. The Balaban J connectivity index is 2.24. The molecule has 0 spiro atoms. The summed E-state index contributed by atoms with van der Waals surface area (Å²) in [6, 6.07) is 5.35. The minimum atomic E-state index is -0.359. The van der Waals surface area contributed by atoms with Gasteiger partial charge < -0.3 is 10.4 Å². The number of fused-ring (bicyclic) bond motifs is 1. The van der Waals surface area contributed by atoms with Crippen LogP contribution in [0.25, 0.3) is 10.1 Å². The fourth-order valence-electron chi connectivity index (χ4n) is 1.64. The molecule has 0 aliphatic rings. The van der Waals surface area contributed by atoms with Crippen molar-refractivity contribution < 1.29 is 9.90 Å². The number of amides is 1. The van der Waals surface area contributed by atoms with Crippen LogP contribution in [0.5, 0.6) is 0 Å². The molecule has 20 heavy (non-hydrogen) atoms. The molecule has 0 saturated heterocycles. The highest BCUT2D eigenvalue weighted by atomic mass is 35.5. The van der Waals surface area contributed by atoms with Gasteiger partial charge >= 0.3 is 0 Å². The fourth-order valence-corrected chi connectivity index (χ4v) is 3.35. The van der Waals surface area contributed by atoms with Crippen molar-refractivity contribution in [2.75, 3.05) is 13.2 Å². The molecule has 1 amide bonds. The van der Waals surface area contributed by atoms with Crippen LogP contribution in [0.15, 0.2) is 18.2 Å². The molecule has 6 heteroatoms. The third-order valence-electron chi connectivity index (χ3n) is 2.95. The van der Waals surface area contributed by atoms with Gasteiger partial charge in [0.1, 0.15) is 4.88 Å². The van der Waals surface area contributed by atoms with Gasteiger partial charge in [0.2, 0.25) is 0 Å². The van der Waals surface area contributed by atoms with Gasteiger partial charge in [0.15, 0.2) is 0 Å². The lowest BCUT2D eigenvalue weighted by Crippen LogP contribution is -2.35. The molecule has 0 saturated carbocycles. The average Bonchev–Trinajstić information content (AvgIpc) is 2.73. The van der Waals surface area contributed by atoms with Crippen LogP contribution in [-0.4, -0.2) is 24.2 Å². The highest BCUT2D eigenvalue weighted by Gasteiger charge is 2.21. The molecular formula is C14H15Cl2NO2S. The second-order valence-corrected chi connectivity index (χ2v) is 7.26. The van der Waals surface area contributed by atoms with Crippen LogP contribution >= 0.6 is 34.5 Å². The molecule has 0 atom stereocenters. The molecule has 3 nitrogen and oxygen atoms in total. The first-order valence-electron chi connectivity index (χ1n) is 6.11. The minimum absolute atomic E-state index is 0.00301. The number of benzene rings is 1. The largest absolute Gasteiger partial charge is 0.396 e. The number of thiophene rings is 1. The minimum Gasteiger partial charge on any atom is -0.396 e. The lowest BCUT2D eigenvalue weighted by Gasteiger charge is -2.21. The number of rotatable bonds is 4. The molecule has 0 fully saturated rings. The van der Waals surface area contributed by atoms with E-state index in [4.69, 9.17) is 23.2 Å². The monoisotopic (exact) mass is 331 g/mol. The van der Waals surface area contributed by atoms with E-state index in [1.807, 2.05) is 19.9 Å². The maximum atomic E-state index is 12.2. The van der Waals surface area contributed by atoms with E-state index < -0.39 is 0 Å². The SMILES string of the molecule is CC(C)(CO)CNC(=O)c1sc2cc(Cl)ccc2c1Cl. The molecule has 2 rings (SSSR count). The van der Waals surface area contributed by atoms with Gasteiger partial charge in [0, 0.05) is 33.7 Å². The first-order valence-corrected chi connectivity index (χ1v) is 7.68. The molecule has 2 aromatic rings. The lowest BCUT2D eigenvalue weighted by atomic mass is 9.95. The van der Waals surface area contributed by atoms with Gasteiger partial charge in [-0.2, -0.15) is 0 Å². The van der Waals surface area contributed by atoms with Crippen molar-refractivity contribution in [2.45, 2.75) is 13.8 Å². The number of halogens is 2. The maximum Gasteiger partial charge on any atom is 0.262 e. The van der Waals surface area contributed by atoms with E-state index in [0.29, 0.717) is 21.5 Å². The third kappa shape index (κ3) is 3.26. The molecule has 108 valence electrons. The number of hydrogen-bond donors (Lipinski definition) is 2. The highest BCUT2D eigenvalue weighted by molar-refractivity contribution is 7.21. The van der Waals surface area contributed by atoms with Crippen LogP contribution in [-0.2, 0) is 0 Å². The van der Waals surface area contributed by atoms with E-state index in [0.717, 1.165) is 10.1 Å². The van der Waals surface area contributed by atoms with Crippen LogP contribution < -0.4 is 5.32 Å². The number of carbonyl (C=O) groups is 1. The van der Waals surface area contributed by atoms with Crippen molar-refractivity contribution in [3.8, 4) is 0 Å². The molecule has 0 aliphatic heterocycles. The Kier molecular flexibility index (Phi) is 4.59. The van der Waals surface area contributed by atoms with Crippen molar-refractivity contribution in [1.82, 2.24) is 5.32 Å². The van der Waals surface area contributed by atoms with Crippen molar-refractivity contribution in [3.63, 3.8) is 0 Å². The molecule has 1 aromatic carbocycles. The Morgan fingerprint density at radius 3 is 2.75 bits per heavy atom. The third-order valence-corrected chi connectivity index (χ3v) is 4.84.